The number of aromatic nitrogens is 2. The van der Waals surface area contributed by atoms with Gasteiger partial charge in [0.05, 0.1) is 11.7 Å². The van der Waals surface area contributed by atoms with Crippen molar-refractivity contribution >= 4 is 28.1 Å². The molecule has 1 fully saturated rings. The summed E-state index contributed by atoms with van der Waals surface area (Å²) in [6.07, 6.45) is 0.870. The topological polar surface area (TPSA) is 66.7 Å². The molecule has 5 rings (SSSR count). The smallest absolute Gasteiger partial charge is 0.270 e. The summed E-state index contributed by atoms with van der Waals surface area (Å²) in [6, 6.07) is 14.1. The van der Waals surface area contributed by atoms with Crippen LogP contribution in [0.25, 0.3) is 16.1 Å². The molecule has 3 heterocycles. The molecule has 2 aromatic heterocycles. The highest BCUT2D eigenvalue weighted by Gasteiger charge is 2.34. The van der Waals surface area contributed by atoms with Crippen LogP contribution in [0.15, 0.2) is 42.5 Å². The summed E-state index contributed by atoms with van der Waals surface area (Å²) in [7, 11) is 0. The van der Waals surface area contributed by atoms with Gasteiger partial charge < -0.3 is 10.2 Å². The summed E-state index contributed by atoms with van der Waals surface area (Å²) in [5.74, 6) is -0.137. The van der Waals surface area contributed by atoms with Crippen LogP contribution in [0, 0.1) is 34.6 Å². The maximum absolute atomic E-state index is 13.5. The first kappa shape index (κ1) is 23.3. The molecule has 7 heteroatoms. The second kappa shape index (κ2) is 8.96. The predicted molar refractivity (Wildman–Crippen MR) is 140 cm³/mol. The van der Waals surface area contributed by atoms with Gasteiger partial charge in [-0.05, 0) is 69.4 Å². The summed E-state index contributed by atoms with van der Waals surface area (Å²) >= 11 is 1.59. The highest BCUT2D eigenvalue weighted by Crippen LogP contribution is 2.30. The molecule has 0 bridgehead atoms. The minimum absolute atomic E-state index is 0.0107. The molecule has 6 nitrogen and oxygen atoms in total. The largest absolute Gasteiger partial charge is 0.349 e. The zero-order chi connectivity index (χ0) is 24.9. The van der Waals surface area contributed by atoms with E-state index in [4.69, 9.17) is 0 Å². The standard InChI is InChI=1S/C28H30N4O2S/c1-16-10-11-21(14-17(16)2)23-8-6-7-9-24(23)27(34)31-13-12-22(31)15-29-26(33)25-18(3)30-28-32(25)19(4)20(5)35-28/h6-11,14,22H,12-13,15H2,1-5H3,(H,29,33). The molecule has 0 aliphatic carbocycles. The predicted octanol–water partition coefficient (Wildman–Crippen LogP) is 5.25. The van der Waals surface area contributed by atoms with Gasteiger partial charge in [0.2, 0.25) is 0 Å². The number of benzene rings is 2. The molecule has 35 heavy (non-hydrogen) atoms. The molecule has 1 saturated heterocycles. The van der Waals surface area contributed by atoms with Crippen LogP contribution in [0.3, 0.4) is 0 Å². The first-order valence-corrected chi connectivity index (χ1v) is 12.8. The van der Waals surface area contributed by atoms with Gasteiger partial charge in [0.15, 0.2) is 4.96 Å². The van der Waals surface area contributed by atoms with Gasteiger partial charge in [0, 0.05) is 29.2 Å². The van der Waals surface area contributed by atoms with E-state index in [-0.39, 0.29) is 17.9 Å². The number of aryl methyl sites for hydroxylation is 5. The second-order valence-corrected chi connectivity index (χ2v) is 10.6. The molecule has 0 spiro atoms. The number of imidazole rings is 1. The van der Waals surface area contributed by atoms with E-state index in [1.54, 1.807) is 11.3 Å². The van der Waals surface area contributed by atoms with E-state index in [0.717, 1.165) is 38.8 Å². The molecule has 0 saturated carbocycles. The monoisotopic (exact) mass is 486 g/mol. The first-order chi connectivity index (χ1) is 16.8. The van der Waals surface area contributed by atoms with Crippen molar-refractivity contribution in [2.45, 2.75) is 47.1 Å². The van der Waals surface area contributed by atoms with E-state index >= 15 is 0 Å². The number of hydrogen-bond donors (Lipinski definition) is 1. The van der Waals surface area contributed by atoms with Crippen LogP contribution in [0.4, 0.5) is 0 Å². The number of hydrogen-bond acceptors (Lipinski definition) is 4. The number of carbonyl (C=O) groups excluding carboxylic acids is 2. The molecule has 0 radical (unpaired) electrons. The molecule has 1 aliphatic rings. The molecule has 180 valence electrons. The number of amides is 2. The lowest BCUT2D eigenvalue weighted by atomic mass is 9.94. The van der Waals surface area contributed by atoms with Crippen molar-refractivity contribution < 1.29 is 9.59 Å². The van der Waals surface area contributed by atoms with Gasteiger partial charge >= 0.3 is 0 Å². The van der Waals surface area contributed by atoms with E-state index in [1.165, 1.54) is 11.1 Å². The van der Waals surface area contributed by atoms with Crippen molar-refractivity contribution in [1.29, 1.82) is 0 Å². The van der Waals surface area contributed by atoms with Gasteiger partial charge in [0.1, 0.15) is 5.69 Å². The van der Waals surface area contributed by atoms with Crippen molar-refractivity contribution in [1.82, 2.24) is 19.6 Å². The fraction of sp³-hybridized carbons (Fsp3) is 0.321. The van der Waals surface area contributed by atoms with Gasteiger partial charge in [-0.3, -0.25) is 14.0 Å². The molecule has 1 unspecified atom stereocenters. The van der Waals surface area contributed by atoms with Crippen molar-refractivity contribution in [2.24, 2.45) is 0 Å². The van der Waals surface area contributed by atoms with E-state index in [1.807, 2.05) is 54.3 Å². The van der Waals surface area contributed by atoms with Crippen molar-refractivity contribution in [2.75, 3.05) is 13.1 Å². The Kier molecular flexibility index (Phi) is 5.97. The lowest BCUT2D eigenvalue weighted by Crippen LogP contribution is -2.56. The van der Waals surface area contributed by atoms with Crippen molar-refractivity contribution in [3.8, 4) is 11.1 Å². The fourth-order valence-electron chi connectivity index (χ4n) is 4.72. The average molecular weight is 487 g/mol. The first-order valence-electron chi connectivity index (χ1n) is 12.0. The Balaban J connectivity index is 1.32. The van der Waals surface area contributed by atoms with E-state index in [0.29, 0.717) is 24.3 Å². The number of nitrogens with one attached hydrogen (secondary N) is 1. The van der Waals surface area contributed by atoms with Gasteiger partial charge in [0.25, 0.3) is 11.8 Å². The number of rotatable bonds is 5. The number of thiazole rings is 1. The second-order valence-electron chi connectivity index (χ2n) is 9.40. The minimum atomic E-state index is -0.147. The zero-order valence-electron chi connectivity index (χ0n) is 20.8. The third-order valence-corrected chi connectivity index (χ3v) is 8.26. The molecule has 2 amide bonds. The molecule has 2 aromatic carbocycles. The highest BCUT2D eigenvalue weighted by atomic mass is 32.1. The third kappa shape index (κ3) is 4.04. The van der Waals surface area contributed by atoms with Gasteiger partial charge in [-0.15, -0.1) is 11.3 Å². The SMILES string of the molecule is Cc1ccc(-c2ccccc2C(=O)N2CCC2CNC(=O)c2c(C)nc3sc(C)c(C)n23)cc1C. The fourth-order valence-corrected chi connectivity index (χ4v) is 5.73. The van der Waals surface area contributed by atoms with Crippen molar-refractivity contribution in [3.63, 3.8) is 0 Å². The molecular weight excluding hydrogens is 456 g/mol. The summed E-state index contributed by atoms with van der Waals surface area (Å²) in [5, 5.41) is 3.06. The molecule has 1 aliphatic heterocycles. The Morgan fingerprint density at radius 2 is 1.83 bits per heavy atom. The van der Waals surface area contributed by atoms with Crippen LogP contribution in [-0.2, 0) is 0 Å². The number of fused-ring (bicyclic) bond motifs is 1. The van der Waals surface area contributed by atoms with Crippen LogP contribution in [-0.4, -0.2) is 45.2 Å². The maximum Gasteiger partial charge on any atom is 0.270 e. The summed E-state index contributed by atoms with van der Waals surface area (Å²) in [4.78, 5) is 35.1. The Labute approximate surface area is 209 Å². The van der Waals surface area contributed by atoms with Crippen molar-refractivity contribution in [3.05, 3.63) is 81.1 Å². The van der Waals surface area contributed by atoms with E-state index in [2.05, 4.69) is 42.3 Å². The molecule has 1 atom stereocenters. The summed E-state index contributed by atoms with van der Waals surface area (Å²) in [5.41, 5.74) is 7.47. The Morgan fingerprint density at radius 1 is 1.06 bits per heavy atom. The normalized spacial score (nSPS) is 15.3. The van der Waals surface area contributed by atoms with Crippen LogP contribution in [0.1, 0.15) is 54.7 Å². The molecule has 1 N–H and O–H groups in total. The lowest BCUT2D eigenvalue weighted by molar-refractivity contribution is 0.0456. The molecular formula is C28H30N4O2S. The van der Waals surface area contributed by atoms with Crippen LogP contribution >= 0.6 is 11.3 Å². The highest BCUT2D eigenvalue weighted by molar-refractivity contribution is 7.17. The average Bonchev–Trinajstić information content (AvgIpc) is 3.28. The quantitative estimate of drug-likeness (QED) is 0.419. The Morgan fingerprint density at radius 3 is 2.54 bits per heavy atom. The maximum atomic E-state index is 13.5. The van der Waals surface area contributed by atoms with Crippen LogP contribution < -0.4 is 5.32 Å². The van der Waals surface area contributed by atoms with Gasteiger partial charge in [-0.25, -0.2) is 4.98 Å². The lowest BCUT2D eigenvalue weighted by Gasteiger charge is -2.41. The van der Waals surface area contributed by atoms with Crippen LogP contribution in [0.5, 0.6) is 0 Å². The van der Waals surface area contributed by atoms with Gasteiger partial charge in [-0.2, -0.15) is 0 Å². The minimum Gasteiger partial charge on any atom is -0.349 e. The number of likely N-dealkylation sites (tertiary alicyclic amines) is 1. The van der Waals surface area contributed by atoms with Crippen LogP contribution in [0.2, 0.25) is 0 Å². The number of nitrogens with zero attached hydrogens (tertiary/aromatic N) is 3. The Bertz CT molecular complexity index is 1470. The molecule has 4 aromatic rings. The van der Waals surface area contributed by atoms with E-state index < -0.39 is 0 Å². The Hall–Kier alpha value is -3.45. The summed E-state index contributed by atoms with van der Waals surface area (Å²) in [6.45, 7) is 11.2. The summed E-state index contributed by atoms with van der Waals surface area (Å²) < 4.78 is 1.94. The van der Waals surface area contributed by atoms with E-state index in [9.17, 15) is 9.59 Å². The number of carbonyl (C=O) groups is 2. The zero-order valence-corrected chi connectivity index (χ0v) is 21.6. The third-order valence-electron chi connectivity index (χ3n) is 7.20. The van der Waals surface area contributed by atoms with Gasteiger partial charge in [-0.1, -0.05) is 36.4 Å².